The first-order valence-electron chi connectivity index (χ1n) is 8.61. The molecule has 0 spiro atoms. The van der Waals surface area contributed by atoms with Gasteiger partial charge in [0, 0.05) is 17.9 Å². The number of benzene rings is 2. The second kappa shape index (κ2) is 9.53. The Hall–Kier alpha value is -2.38. The molecule has 0 fully saturated rings. The van der Waals surface area contributed by atoms with Gasteiger partial charge < -0.3 is 10.1 Å². The minimum atomic E-state index is -0.362. The zero-order chi connectivity index (χ0) is 19.1. The van der Waals surface area contributed by atoms with E-state index in [4.69, 9.17) is 4.74 Å². The Labute approximate surface area is 166 Å². The van der Waals surface area contributed by atoms with Crippen LogP contribution in [-0.4, -0.2) is 29.2 Å². The van der Waals surface area contributed by atoms with Gasteiger partial charge in [0.2, 0.25) is 0 Å². The average Bonchev–Trinajstić information content (AvgIpc) is 3.08. The summed E-state index contributed by atoms with van der Waals surface area (Å²) >= 11 is 3.29. The lowest BCUT2D eigenvalue weighted by atomic mass is 10.2. The molecule has 2 aromatic carbocycles. The average molecular weight is 401 g/mol. The third kappa shape index (κ3) is 6.08. The summed E-state index contributed by atoms with van der Waals surface area (Å²) in [6.45, 7) is 1.71. The van der Waals surface area contributed by atoms with Crippen molar-refractivity contribution in [2.75, 3.05) is 17.7 Å². The van der Waals surface area contributed by atoms with Gasteiger partial charge in [0.1, 0.15) is 0 Å². The number of thiazole rings is 1. The van der Waals surface area contributed by atoms with Gasteiger partial charge in [-0.05, 0) is 37.6 Å². The van der Waals surface area contributed by atoms with Crippen molar-refractivity contribution in [3.8, 4) is 0 Å². The summed E-state index contributed by atoms with van der Waals surface area (Å²) < 4.78 is 7.19. The molecule has 1 aromatic heterocycles. The molecule has 0 atom stereocenters. The van der Waals surface area contributed by atoms with Crippen LogP contribution in [0.4, 0.5) is 5.69 Å². The van der Waals surface area contributed by atoms with Gasteiger partial charge in [0.05, 0.1) is 10.2 Å². The molecular weight excluding hydrogens is 380 g/mol. The number of carbonyl (C=O) groups is 2. The Balaban J connectivity index is 1.32. The number of aryl methyl sites for hydroxylation is 1. The summed E-state index contributed by atoms with van der Waals surface area (Å²) in [7, 11) is 0. The lowest BCUT2D eigenvalue weighted by Crippen LogP contribution is -2.20. The van der Waals surface area contributed by atoms with Crippen LogP contribution in [0.15, 0.2) is 52.9 Å². The fourth-order valence-corrected chi connectivity index (χ4v) is 4.42. The lowest BCUT2D eigenvalue weighted by molar-refractivity contribution is -0.147. The van der Waals surface area contributed by atoms with Crippen molar-refractivity contribution in [3.05, 3.63) is 54.1 Å². The number of thioether (sulfide) groups is 1. The number of ether oxygens (including phenoxy) is 1. The SMILES string of the molecule is Cc1ccc(NC(=O)COC(=O)CCCSc2nc3ccccc3s2)cc1. The van der Waals surface area contributed by atoms with Crippen LogP contribution in [0.3, 0.4) is 0 Å². The molecule has 0 aliphatic rings. The van der Waals surface area contributed by atoms with E-state index in [1.807, 2.05) is 49.4 Å². The third-order valence-electron chi connectivity index (χ3n) is 3.72. The van der Waals surface area contributed by atoms with Crippen molar-refractivity contribution >= 4 is 50.9 Å². The van der Waals surface area contributed by atoms with Gasteiger partial charge in [0.25, 0.3) is 5.91 Å². The molecule has 3 aromatic rings. The van der Waals surface area contributed by atoms with E-state index < -0.39 is 0 Å². The molecule has 27 heavy (non-hydrogen) atoms. The first-order chi connectivity index (χ1) is 13.1. The normalized spacial score (nSPS) is 10.7. The number of nitrogens with one attached hydrogen (secondary N) is 1. The molecule has 0 unspecified atom stereocenters. The minimum absolute atomic E-state index is 0.266. The van der Waals surface area contributed by atoms with Crippen LogP contribution in [0.25, 0.3) is 10.2 Å². The fourth-order valence-electron chi connectivity index (χ4n) is 2.34. The van der Waals surface area contributed by atoms with E-state index in [0.29, 0.717) is 12.1 Å². The highest BCUT2D eigenvalue weighted by Gasteiger charge is 2.09. The van der Waals surface area contributed by atoms with Gasteiger partial charge in [-0.2, -0.15) is 0 Å². The third-order valence-corrected chi connectivity index (χ3v) is 5.99. The Bertz CT molecular complexity index is 889. The maximum atomic E-state index is 11.8. The second-order valence-corrected chi connectivity index (χ2v) is 8.35. The van der Waals surface area contributed by atoms with Crippen molar-refractivity contribution in [1.82, 2.24) is 4.98 Å². The summed E-state index contributed by atoms with van der Waals surface area (Å²) in [6, 6.07) is 15.5. The van der Waals surface area contributed by atoms with Crippen LogP contribution >= 0.6 is 23.1 Å². The van der Waals surface area contributed by atoms with Gasteiger partial charge in [-0.1, -0.05) is 41.6 Å². The summed E-state index contributed by atoms with van der Waals surface area (Å²) in [5.74, 6) is 0.0832. The number of para-hydroxylation sites is 1. The molecule has 3 rings (SSSR count). The zero-order valence-electron chi connectivity index (χ0n) is 14.9. The number of hydrogen-bond acceptors (Lipinski definition) is 6. The van der Waals surface area contributed by atoms with E-state index in [0.717, 1.165) is 21.2 Å². The van der Waals surface area contributed by atoms with Crippen molar-refractivity contribution in [3.63, 3.8) is 0 Å². The van der Waals surface area contributed by atoms with E-state index in [1.54, 1.807) is 23.1 Å². The van der Waals surface area contributed by atoms with Crippen molar-refractivity contribution < 1.29 is 14.3 Å². The molecule has 1 heterocycles. The molecule has 0 aliphatic carbocycles. The molecule has 1 amide bonds. The second-order valence-electron chi connectivity index (χ2n) is 5.97. The largest absolute Gasteiger partial charge is 0.456 e. The van der Waals surface area contributed by atoms with E-state index in [9.17, 15) is 9.59 Å². The molecule has 0 saturated heterocycles. The monoisotopic (exact) mass is 400 g/mol. The van der Waals surface area contributed by atoms with Crippen LogP contribution < -0.4 is 5.32 Å². The van der Waals surface area contributed by atoms with Gasteiger partial charge >= 0.3 is 5.97 Å². The quantitative estimate of drug-likeness (QED) is 0.338. The number of rotatable bonds is 8. The molecule has 1 N–H and O–H groups in total. The predicted octanol–water partition coefficient (Wildman–Crippen LogP) is 4.66. The molecule has 0 bridgehead atoms. The first-order valence-corrected chi connectivity index (χ1v) is 10.4. The topological polar surface area (TPSA) is 68.3 Å². The standard InChI is InChI=1S/C20H20N2O3S2/c1-14-8-10-15(11-9-14)21-18(23)13-25-19(24)7-4-12-26-20-22-16-5-2-3-6-17(16)27-20/h2-3,5-6,8-11H,4,7,12-13H2,1H3,(H,21,23). The zero-order valence-corrected chi connectivity index (χ0v) is 16.6. The number of amides is 1. The Morgan fingerprint density at radius 3 is 2.70 bits per heavy atom. The Kier molecular flexibility index (Phi) is 6.84. The molecule has 7 heteroatoms. The molecule has 0 aliphatic heterocycles. The van der Waals surface area contributed by atoms with Gasteiger partial charge in [-0.3, -0.25) is 9.59 Å². The number of esters is 1. The highest BCUT2D eigenvalue weighted by atomic mass is 32.2. The lowest BCUT2D eigenvalue weighted by Gasteiger charge is -2.06. The van der Waals surface area contributed by atoms with Gasteiger partial charge in [-0.25, -0.2) is 4.98 Å². The maximum Gasteiger partial charge on any atom is 0.306 e. The Morgan fingerprint density at radius 1 is 1.15 bits per heavy atom. The summed E-state index contributed by atoms with van der Waals surface area (Å²) in [5, 5.41) is 2.70. The minimum Gasteiger partial charge on any atom is -0.456 e. The van der Waals surface area contributed by atoms with E-state index in [1.165, 1.54) is 4.70 Å². The van der Waals surface area contributed by atoms with Gasteiger partial charge in [-0.15, -0.1) is 11.3 Å². The number of nitrogens with zero attached hydrogens (tertiary/aromatic N) is 1. The number of hydrogen-bond donors (Lipinski definition) is 1. The summed E-state index contributed by atoms with van der Waals surface area (Å²) in [5.41, 5.74) is 2.81. The molecular formula is C20H20N2O3S2. The van der Waals surface area contributed by atoms with Crippen molar-refractivity contribution in [2.24, 2.45) is 0 Å². The van der Waals surface area contributed by atoms with Crippen molar-refractivity contribution in [1.29, 1.82) is 0 Å². The number of carbonyl (C=O) groups excluding carboxylic acids is 2. The number of anilines is 1. The summed E-state index contributed by atoms with van der Waals surface area (Å²) in [4.78, 5) is 28.1. The Morgan fingerprint density at radius 2 is 1.93 bits per heavy atom. The van der Waals surface area contributed by atoms with Crippen LogP contribution in [-0.2, 0) is 14.3 Å². The highest BCUT2D eigenvalue weighted by Crippen LogP contribution is 2.29. The van der Waals surface area contributed by atoms with Crippen molar-refractivity contribution in [2.45, 2.75) is 24.1 Å². The first kappa shape index (κ1) is 19.4. The van der Waals surface area contributed by atoms with Crippen LogP contribution in [0, 0.1) is 6.92 Å². The predicted molar refractivity (Wildman–Crippen MR) is 110 cm³/mol. The van der Waals surface area contributed by atoms with Crippen LogP contribution in [0.2, 0.25) is 0 Å². The molecule has 5 nitrogen and oxygen atoms in total. The maximum absolute atomic E-state index is 11.8. The molecule has 140 valence electrons. The van der Waals surface area contributed by atoms with Crippen LogP contribution in [0.5, 0.6) is 0 Å². The highest BCUT2D eigenvalue weighted by molar-refractivity contribution is 8.01. The smallest absolute Gasteiger partial charge is 0.306 e. The molecule has 0 radical (unpaired) electrons. The molecule has 0 saturated carbocycles. The van der Waals surface area contributed by atoms with E-state index in [2.05, 4.69) is 16.4 Å². The number of aromatic nitrogens is 1. The van der Waals surface area contributed by atoms with E-state index in [-0.39, 0.29) is 24.9 Å². The van der Waals surface area contributed by atoms with Crippen LogP contribution in [0.1, 0.15) is 18.4 Å². The fraction of sp³-hybridized carbons (Fsp3) is 0.250. The number of fused-ring (bicyclic) bond motifs is 1. The van der Waals surface area contributed by atoms with E-state index >= 15 is 0 Å². The van der Waals surface area contributed by atoms with Gasteiger partial charge in [0.15, 0.2) is 10.9 Å². The summed E-state index contributed by atoms with van der Waals surface area (Å²) in [6.07, 6.45) is 0.967.